The van der Waals surface area contributed by atoms with Gasteiger partial charge in [-0.25, -0.2) is 0 Å². The molecule has 0 aliphatic heterocycles. The molecule has 52 heavy (non-hydrogen) atoms. The van der Waals surface area contributed by atoms with Crippen molar-refractivity contribution in [1.29, 1.82) is 0 Å². The molecule has 0 radical (unpaired) electrons. The summed E-state index contributed by atoms with van der Waals surface area (Å²) in [6.07, 6.45) is 0. The summed E-state index contributed by atoms with van der Waals surface area (Å²) in [6.45, 7) is 0. The fourth-order valence-corrected chi connectivity index (χ4v) is 9.89. The summed E-state index contributed by atoms with van der Waals surface area (Å²) in [6, 6.07) is 61.7. The van der Waals surface area contributed by atoms with Gasteiger partial charge in [0, 0.05) is 75.0 Å². The second kappa shape index (κ2) is 10.5. The molecule has 8 aromatic carbocycles. The first kappa shape index (κ1) is 28.1. The van der Waals surface area contributed by atoms with E-state index in [1.807, 2.05) is 17.4 Å². The van der Waals surface area contributed by atoms with Gasteiger partial charge < -0.3 is 13.6 Å². The molecule has 0 amide bonds. The zero-order valence-electron chi connectivity index (χ0n) is 27.9. The van der Waals surface area contributed by atoms with Crippen LogP contribution in [-0.4, -0.2) is 9.13 Å². The second-order valence-corrected chi connectivity index (χ2v) is 14.7. The SMILES string of the molecule is c1ccc2c(c1)oc1c(-c3cccc4c3sc3ccc(-n5c6ccccc6c6cc(-n7c8ccccc8c8ccccc87)ccc65)cc34)cccc12. The largest absolute Gasteiger partial charge is 0.455 e. The van der Waals surface area contributed by atoms with Gasteiger partial charge in [-0.2, -0.15) is 0 Å². The average molecular weight is 681 g/mol. The molecule has 12 aromatic rings. The van der Waals surface area contributed by atoms with Crippen molar-refractivity contribution in [3.63, 3.8) is 0 Å². The minimum atomic E-state index is 0.923. The average Bonchev–Trinajstić information content (AvgIpc) is 3.95. The third-order valence-corrected chi connectivity index (χ3v) is 12.1. The number of para-hydroxylation sites is 5. The molecule has 0 spiro atoms. The molecule has 4 heteroatoms. The standard InChI is InChI=1S/C48H28N2OS/c1-5-19-41-31(11-1)32-12-2-6-20-42(32)49(41)29-23-25-44-39(27-29)33-13-3-7-21-43(33)50(44)30-24-26-46-40(28-30)38-18-10-17-37(48(38)52-46)36-16-9-15-35-34-14-4-8-22-45(34)51-47(35)36/h1-28H. The molecular weight excluding hydrogens is 653 g/mol. The van der Waals surface area contributed by atoms with Gasteiger partial charge in [-0.05, 0) is 60.7 Å². The van der Waals surface area contributed by atoms with E-state index in [0.717, 1.165) is 33.2 Å². The summed E-state index contributed by atoms with van der Waals surface area (Å²) in [5, 5.41) is 9.87. The van der Waals surface area contributed by atoms with Crippen molar-refractivity contribution < 1.29 is 4.42 Å². The lowest BCUT2D eigenvalue weighted by Crippen LogP contribution is -1.95. The Balaban J connectivity index is 1.06. The maximum Gasteiger partial charge on any atom is 0.143 e. The summed E-state index contributed by atoms with van der Waals surface area (Å²) in [4.78, 5) is 0. The molecule has 4 heterocycles. The second-order valence-electron chi connectivity index (χ2n) is 13.7. The Bertz CT molecular complexity index is 3370. The van der Waals surface area contributed by atoms with Crippen molar-refractivity contribution in [2.24, 2.45) is 0 Å². The smallest absolute Gasteiger partial charge is 0.143 e. The van der Waals surface area contributed by atoms with Crippen molar-refractivity contribution in [3.05, 3.63) is 170 Å². The van der Waals surface area contributed by atoms with Crippen LogP contribution in [0.3, 0.4) is 0 Å². The molecule has 0 bridgehead atoms. The van der Waals surface area contributed by atoms with Gasteiger partial charge in [-0.15, -0.1) is 11.3 Å². The Morgan fingerprint density at radius 1 is 0.365 bits per heavy atom. The lowest BCUT2D eigenvalue weighted by Gasteiger charge is -2.10. The Hall–Kier alpha value is -6.62. The molecule has 4 aromatic heterocycles. The van der Waals surface area contributed by atoms with E-state index in [9.17, 15) is 0 Å². The molecular formula is C48H28N2OS. The molecule has 0 unspecified atom stereocenters. The highest BCUT2D eigenvalue weighted by molar-refractivity contribution is 7.26. The third-order valence-electron chi connectivity index (χ3n) is 10.9. The molecule has 0 atom stereocenters. The molecule has 3 nitrogen and oxygen atoms in total. The van der Waals surface area contributed by atoms with E-state index in [-0.39, 0.29) is 0 Å². The van der Waals surface area contributed by atoms with Crippen molar-refractivity contribution >= 4 is 97.1 Å². The van der Waals surface area contributed by atoms with E-state index in [1.165, 1.54) is 75.0 Å². The van der Waals surface area contributed by atoms with Crippen LogP contribution in [0.15, 0.2) is 174 Å². The lowest BCUT2D eigenvalue weighted by molar-refractivity contribution is 0.670. The van der Waals surface area contributed by atoms with Crippen LogP contribution in [0.4, 0.5) is 0 Å². The summed E-state index contributed by atoms with van der Waals surface area (Å²) in [5.41, 5.74) is 11.4. The van der Waals surface area contributed by atoms with Crippen molar-refractivity contribution in [2.75, 3.05) is 0 Å². The molecule has 0 aliphatic carbocycles. The zero-order chi connectivity index (χ0) is 33.9. The number of benzene rings is 8. The van der Waals surface area contributed by atoms with Crippen LogP contribution in [0.25, 0.3) is 108 Å². The number of furan rings is 1. The normalized spacial score (nSPS) is 12.2. The van der Waals surface area contributed by atoms with Gasteiger partial charge in [0.05, 0.1) is 22.1 Å². The molecule has 242 valence electrons. The Morgan fingerprint density at radius 3 is 1.60 bits per heavy atom. The fraction of sp³-hybridized carbons (Fsp3) is 0. The minimum absolute atomic E-state index is 0.923. The van der Waals surface area contributed by atoms with E-state index >= 15 is 0 Å². The minimum Gasteiger partial charge on any atom is -0.455 e. The first-order valence-corrected chi connectivity index (χ1v) is 18.5. The summed E-state index contributed by atoms with van der Waals surface area (Å²) in [7, 11) is 0. The van der Waals surface area contributed by atoms with Gasteiger partial charge in [-0.1, -0.05) is 109 Å². The molecule has 12 rings (SSSR count). The topological polar surface area (TPSA) is 23.0 Å². The van der Waals surface area contributed by atoms with Crippen LogP contribution in [0.5, 0.6) is 0 Å². The number of fused-ring (bicyclic) bond motifs is 12. The Kier molecular flexibility index (Phi) is 5.65. The number of nitrogens with zero attached hydrogens (tertiary/aromatic N) is 2. The maximum absolute atomic E-state index is 6.48. The van der Waals surface area contributed by atoms with Gasteiger partial charge in [-0.3, -0.25) is 0 Å². The van der Waals surface area contributed by atoms with Crippen molar-refractivity contribution in [1.82, 2.24) is 9.13 Å². The van der Waals surface area contributed by atoms with Crippen LogP contribution < -0.4 is 0 Å². The number of hydrogen-bond donors (Lipinski definition) is 0. The highest BCUT2D eigenvalue weighted by Gasteiger charge is 2.19. The Morgan fingerprint density at radius 2 is 0.885 bits per heavy atom. The summed E-state index contributed by atoms with van der Waals surface area (Å²) >= 11 is 1.86. The first-order chi connectivity index (χ1) is 25.8. The number of hydrogen-bond acceptors (Lipinski definition) is 2. The van der Waals surface area contributed by atoms with Gasteiger partial charge in [0.1, 0.15) is 11.2 Å². The predicted octanol–water partition coefficient (Wildman–Crippen LogP) is 13.8. The quantitative estimate of drug-likeness (QED) is 0.182. The molecule has 0 fully saturated rings. The van der Waals surface area contributed by atoms with E-state index < -0.39 is 0 Å². The Labute approximate surface area is 301 Å². The molecule has 0 aliphatic rings. The van der Waals surface area contributed by atoms with Crippen LogP contribution >= 0.6 is 11.3 Å². The predicted molar refractivity (Wildman–Crippen MR) is 221 cm³/mol. The zero-order valence-corrected chi connectivity index (χ0v) is 28.7. The van der Waals surface area contributed by atoms with E-state index in [0.29, 0.717) is 0 Å². The summed E-state index contributed by atoms with van der Waals surface area (Å²) < 4.78 is 13.9. The number of rotatable bonds is 3. The van der Waals surface area contributed by atoms with E-state index in [2.05, 4.69) is 173 Å². The van der Waals surface area contributed by atoms with E-state index in [1.54, 1.807) is 0 Å². The first-order valence-electron chi connectivity index (χ1n) is 17.7. The fourth-order valence-electron chi connectivity index (χ4n) is 8.68. The lowest BCUT2D eigenvalue weighted by atomic mass is 10.00. The maximum atomic E-state index is 6.48. The highest BCUT2D eigenvalue weighted by Crippen LogP contribution is 2.45. The molecule has 0 N–H and O–H groups in total. The van der Waals surface area contributed by atoms with E-state index in [4.69, 9.17) is 4.42 Å². The highest BCUT2D eigenvalue weighted by atomic mass is 32.1. The monoisotopic (exact) mass is 680 g/mol. The van der Waals surface area contributed by atoms with Crippen LogP contribution in [0, 0.1) is 0 Å². The van der Waals surface area contributed by atoms with Crippen molar-refractivity contribution in [3.8, 4) is 22.5 Å². The number of thiophene rings is 1. The van der Waals surface area contributed by atoms with Crippen LogP contribution in [0.1, 0.15) is 0 Å². The van der Waals surface area contributed by atoms with Gasteiger partial charge >= 0.3 is 0 Å². The van der Waals surface area contributed by atoms with Gasteiger partial charge in [0.25, 0.3) is 0 Å². The molecule has 0 saturated carbocycles. The van der Waals surface area contributed by atoms with Crippen LogP contribution in [-0.2, 0) is 0 Å². The van der Waals surface area contributed by atoms with Crippen molar-refractivity contribution in [2.45, 2.75) is 0 Å². The summed E-state index contributed by atoms with van der Waals surface area (Å²) in [5.74, 6) is 0. The molecule has 0 saturated heterocycles. The third kappa shape index (κ3) is 3.79. The van der Waals surface area contributed by atoms with Crippen LogP contribution in [0.2, 0.25) is 0 Å². The van der Waals surface area contributed by atoms with Gasteiger partial charge in [0.2, 0.25) is 0 Å². The van der Waals surface area contributed by atoms with Gasteiger partial charge in [0.15, 0.2) is 0 Å². The number of aromatic nitrogens is 2.